The van der Waals surface area contributed by atoms with Crippen molar-refractivity contribution in [1.29, 1.82) is 0 Å². The maximum absolute atomic E-state index is 5.94. The SMILES string of the molecule is CCCc1[nH]nc(N2CCC(N)C2)c1CC. The van der Waals surface area contributed by atoms with Gasteiger partial charge in [0.2, 0.25) is 0 Å². The van der Waals surface area contributed by atoms with Crippen molar-refractivity contribution >= 4 is 5.82 Å². The van der Waals surface area contributed by atoms with Gasteiger partial charge in [0.1, 0.15) is 0 Å². The number of aromatic nitrogens is 2. The van der Waals surface area contributed by atoms with Crippen LogP contribution in [-0.2, 0) is 12.8 Å². The summed E-state index contributed by atoms with van der Waals surface area (Å²) in [6.07, 6.45) is 4.39. The molecule has 0 saturated carbocycles. The third-order valence-corrected chi connectivity index (χ3v) is 3.31. The lowest BCUT2D eigenvalue weighted by molar-refractivity contribution is 0.751. The van der Waals surface area contributed by atoms with Crippen LogP contribution in [0.5, 0.6) is 0 Å². The molecule has 1 atom stereocenters. The van der Waals surface area contributed by atoms with E-state index in [9.17, 15) is 0 Å². The van der Waals surface area contributed by atoms with Gasteiger partial charge in [0.05, 0.1) is 0 Å². The molecule has 16 heavy (non-hydrogen) atoms. The highest BCUT2D eigenvalue weighted by molar-refractivity contribution is 5.50. The molecule has 3 N–H and O–H groups in total. The minimum absolute atomic E-state index is 0.316. The summed E-state index contributed by atoms with van der Waals surface area (Å²) in [6.45, 7) is 6.39. The first kappa shape index (κ1) is 11.5. The maximum atomic E-state index is 5.94. The van der Waals surface area contributed by atoms with Gasteiger partial charge in [-0.1, -0.05) is 20.3 Å². The summed E-state index contributed by atoms with van der Waals surface area (Å²) < 4.78 is 0. The Kier molecular flexibility index (Phi) is 3.49. The zero-order chi connectivity index (χ0) is 11.5. The van der Waals surface area contributed by atoms with Gasteiger partial charge in [-0.3, -0.25) is 5.10 Å². The first-order chi connectivity index (χ1) is 7.76. The van der Waals surface area contributed by atoms with Crippen molar-refractivity contribution in [3.05, 3.63) is 11.3 Å². The third kappa shape index (κ3) is 2.07. The highest BCUT2D eigenvalue weighted by Gasteiger charge is 2.24. The van der Waals surface area contributed by atoms with Crippen molar-refractivity contribution in [3.63, 3.8) is 0 Å². The van der Waals surface area contributed by atoms with Crippen molar-refractivity contribution in [2.75, 3.05) is 18.0 Å². The fourth-order valence-electron chi connectivity index (χ4n) is 2.46. The summed E-state index contributed by atoms with van der Waals surface area (Å²) in [5.41, 5.74) is 8.63. The molecule has 1 aliphatic heterocycles. The second-order valence-corrected chi connectivity index (χ2v) is 4.60. The normalized spacial score (nSPS) is 20.7. The van der Waals surface area contributed by atoms with E-state index in [1.807, 2.05) is 0 Å². The van der Waals surface area contributed by atoms with Gasteiger partial charge in [0, 0.05) is 30.4 Å². The van der Waals surface area contributed by atoms with E-state index in [4.69, 9.17) is 5.73 Å². The average Bonchev–Trinajstić information content (AvgIpc) is 2.85. The Labute approximate surface area is 97.2 Å². The van der Waals surface area contributed by atoms with Crippen molar-refractivity contribution in [2.24, 2.45) is 5.73 Å². The number of anilines is 1. The van der Waals surface area contributed by atoms with Gasteiger partial charge in [-0.05, 0) is 19.3 Å². The predicted octanol–water partition coefficient (Wildman–Crippen LogP) is 1.46. The molecule has 1 fully saturated rings. The lowest BCUT2D eigenvalue weighted by atomic mass is 10.1. The Balaban J connectivity index is 2.20. The number of nitrogens with one attached hydrogen (secondary N) is 1. The molecule has 0 aromatic carbocycles. The Hall–Kier alpha value is -1.03. The van der Waals surface area contributed by atoms with E-state index in [0.717, 1.165) is 44.6 Å². The lowest BCUT2D eigenvalue weighted by Gasteiger charge is -2.16. The van der Waals surface area contributed by atoms with E-state index in [1.165, 1.54) is 11.3 Å². The molecule has 0 amide bonds. The fourth-order valence-corrected chi connectivity index (χ4v) is 2.46. The number of hydrogen-bond acceptors (Lipinski definition) is 3. The molecule has 1 aromatic heterocycles. The number of nitrogens with two attached hydrogens (primary N) is 1. The number of aromatic amines is 1. The zero-order valence-electron chi connectivity index (χ0n) is 10.3. The van der Waals surface area contributed by atoms with Crippen molar-refractivity contribution in [3.8, 4) is 0 Å². The summed E-state index contributed by atoms with van der Waals surface area (Å²) >= 11 is 0. The van der Waals surface area contributed by atoms with Crippen molar-refractivity contribution in [1.82, 2.24) is 10.2 Å². The average molecular weight is 222 g/mol. The molecule has 0 aliphatic carbocycles. The van der Waals surface area contributed by atoms with Crippen LogP contribution in [0.1, 0.15) is 37.9 Å². The Bertz CT molecular complexity index is 345. The highest BCUT2D eigenvalue weighted by atomic mass is 15.3. The van der Waals surface area contributed by atoms with Crippen molar-refractivity contribution in [2.45, 2.75) is 45.6 Å². The standard InChI is InChI=1S/C12H22N4/c1-3-5-11-10(4-2)12(15-14-11)16-7-6-9(13)8-16/h9H,3-8,13H2,1-2H3,(H,14,15). The van der Waals surface area contributed by atoms with Gasteiger partial charge in [-0.25, -0.2) is 0 Å². The molecule has 90 valence electrons. The van der Waals surface area contributed by atoms with E-state index >= 15 is 0 Å². The minimum Gasteiger partial charge on any atom is -0.353 e. The molecule has 1 unspecified atom stereocenters. The van der Waals surface area contributed by atoms with Gasteiger partial charge < -0.3 is 10.6 Å². The molecule has 2 rings (SSSR count). The fraction of sp³-hybridized carbons (Fsp3) is 0.750. The maximum Gasteiger partial charge on any atom is 0.153 e. The largest absolute Gasteiger partial charge is 0.353 e. The van der Waals surface area contributed by atoms with Gasteiger partial charge in [-0.15, -0.1) is 0 Å². The zero-order valence-corrected chi connectivity index (χ0v) is 10.3. The highest BCUT2D eigenvalue weighted by Crippen LogP contribution is 2.25. The number of aryl methyl sites for hydroxylation is 1. The molecule has 0 radical (unpaired) electrons. The Morgan fingerprint density at radius 1 is 1.50 bits per heavy atom. The predicted molar refractivity (Wildman–Crippen MR) is 66.8 cm³/mol. The minimum atomic E-state index is 0.316. The molecular weight excluding hydrogens is 200 g/mol. The Morgan fingerprint density at radius 3 is 2.88 bits per heavy atom. The second-order valence-electron chi connectivity index (χ2n) is 4.60. The number of rotatable bonds is 4. The summed E-state index contributed by atoms with van der Waals surface area (Å²) in [7, 11) is 0. The van der Waals surface area contributed by atoms with Crippen LogP contribution >= 0.6 is 0 Å². The van der Waals surface area contributed by atoms with Crippen LogP contribution in [-0.4, -0.2) is 29.3 Å². The monoisotopic (exact) mass is 222 g/mol. The molecule has 1 saturated heterocycles. The van der Waals surface area contributed by atoms with Gasteiger partial charge in [0.15, 0.2) is 5.82 Å². The van der Waals surface area contributed by atoms with Gasteiger partial charge >= 0.3 is 0 Å². The van der Waals surface area contributed by atoms with E-state index in [1.54, 1.807) is 0 Å². The van der Waals surface area contributed by atoms with E-state index in [0.29, 0.717) is 6.04 Å². The van der Waals surface area contributed by atoms with Crippen LogP contribution in [0.4, 0.5) is 5.82 Å². The molecular formula is C12H22N4. The summed E-state index contributed by atoms with van der Waals surface area (Å²) in [5, 5.41) is 7.65. The molecule has 2 heterocycles. The van der Waals surface area contributed by atoms with Crippen LogP contribution in [0.3, 0.4) is 0 Å². The van der Waals surface area contributed by atoms with Crippen LogP contribution in [0.2, 0.25) is 0 Å². The van der Waals surface area contributed by atoms with Gasteiger partial charge in [0.25, 0.3) is 0 Å². The molecule has 0 spiro atoms. The number of H-pyrrole nitrogens is 1. The number of nitrogens with zero attached hydrogens (tertiary/aromatic N) is 2. The van der Waals surface area contributed by atoms with Crippen molar-refractivity contribution < 1.29 is 0 Å². The smallest absolute Gasteiger partial charge is 0.153 e. The summed E-state index contributed by atoms with van der Waals surface area (Å²) in [5.74, 6) is 1.14. The molecule has 1 aromatic rings. The second kappa shape index (κ2) is 4.87. The topological polar surface area (TPSA) is 57.9 Å². The third-order valence-electron chi connectivity index (χ3n) is 3.31. The van der Waals surface area contributed by atoms with Gasteiger partial charge in [-0.2, -0.15) is 5.10 Å². The quantitative estimate of drug-likeness (QED) is 0.811. The summed E-state index contributed by atoms with van der Waals surface area (Å²) in [4.78, 5) is 2.32. The van der Waals surface area contributed by atoms with Crippen LogP contribution in [0.15, 0.2) is 0 Å². The Morgan fingerprint density at radius 2 is 2.31 bits per heavy atom. The van der Waals surface area contributed by atoms with Crippen LogP contribution in [0, 0.1) is 0 Å². The summed E-state index contributed by atoms with van der Waals surface area (Å²) in [6, 6.07) is 0.316. The first-order valence-corrected chi connectivity index (χ1v) is 6.32. The van der Waals surface area contributed by atoms with E-state index in [-0.39, 0.29) is 0 Å². The van der Waals surface area contributed by atoms with Crippen LogP contribution < -0.4 is 10.6 Å². The lowest BCUT2D eigenvalue weighted by Crippen LogP contribution is -2.27. The number of hydrogen-bond donors (Lipinski definition) is 2. The van der Waals surface area contributed by atoms with E-state index in [2.05, 4.69) is 28.9 Å². The molecule has 4 heteroatoms. The van der Waals surface area contributed by atoms with E-state index < -0.39 is 0 Å². The first-order valence-electron chi connectivity index (χ1n) is 6.32. The molecule has 4 nitrogen and oxygen atoms in total. The molecule has 1 aliphatic rings. The molecule has 0 bridgehead atoms. The van der Waals surface area contributed by atoms with Crippen LogP contribution in [0.25, 0.3) is 0 Å².